The quantitative estimate of drug-likeness (QED) is 0.714. The first kappa shape index (κ1) is 17.7. The van der Waals surface area contributed by atoms with E-state index in [9.17, 15) is 9.90 Å². The number of nitrogens with one attached hydrogen (secondary N) is 1. The van der Waals surface area contributed by atoms with E-state index >= 15 is 0 Å². The van der Waals surface area contributed by atoms with E-state index in [1.165, 1.54) is 0 Å². The number of anilines is 1. The Hall–Kier alpha value is -3.11. The van der Waals surface area contributed by atoms with Crippen molar-refractivity contribution in [2.45, 2.75) is 12.0 Å². The summed E-state index contributed by atoms with van der Waals surface area (Å²) >= 11 is 0. The first-order chi connectivity index (χ1) is 12.6. The second kappa shape index (κ2) is 7.85. The zero-order valence-electron chi connectivity index (χ0n) is 14.6. The molecule has 0 unspecified atom stereocenters. The smallest absolute Gasteiger partial charge is 0.261 e. The SMILES string of the molecule is COc1ccc([C@@](O)(Cc2ccccc2)C(=O)Nc2ccccc2)cc1. The molecule has 3 aromatic rings. The molecule has 26 heavy (non-hydrogen) atoms. The molecular formula is C22H21NO3. The van der Waals surface area contributed by atoms with Crippen LogP contribution in [0.2, 0.25) is 0 Å². The molecule has 0 saturated heterocycles. The molecule has 4 nitrogen and oxygen atoms in total. The topological polar surface area (TPSA) is 58.6 Å². The molecule has 2 N–H and O–H groups in total. The van der Waals surface area contributed by atoms with Gasteiger partial charge in [0.25, 0.3) is 5.91 Å². The number of methoxy groups -OCH3 is 1. The van der Waals surface area contributed by atoms with Crippen molar-refractivity contribution in [1.82, 2.24) is 0 Å². The highest BCUT2D eigenvalue weighted by Gasteiger charge is 2.38. The number of ether oxygens (including phenoxy) is 1. The van der Waals surface area contributed by atoms with Gasteiger partial charge < -0.3 is 15.2 Å². The molecule has 1 atom stereocenters. The molecule has 132 valence electrons. The molecule has 0 bridgehead atoms. The van der Waals surface area contributed by atoms with Gasteiger partial charge >= 0.3 is 0 Å². The lowest BCUT2D eigenvalue weighted by molar-refractivity contribution is -0.135. The van der Waals surface area contributed by atoms with E-state index in [-0.39, 0.29) is 6.42 Å². The van der Waals surface area contributed by atoms with E-state index in [4.69, 9.17) is 4.74 Å². The van der Waals surface area contributed by atoms with Crippen molar-refractivity contribution in [3.8, 4) is 5.75 Å². The Bertz CT molecular complexity index is 848. The molecule has 3 rings (SSSR count). The lowest BCUT2D eigenvalue weighted by Crippen LogP contribution is -2.42. The molecule has 0 aliphatic carbocycles. The van der Waals surface area contributed by atoms with Gasteiger partial charge in [0.2, 0.25) is 0 Å². The van der Waals surface area contributed by atoms with Gasteiger partial charge in [-0.1, -0.05) is 60.7 Å². The molecule has 0 fully saturated rings. The van der Waals surface area contributed by atoms with Crippen LogP contribution in [0.3, 0.4) is 0 Å². The van der Waals surface area contributed by atoms with Crippen LogP contribution in [0.1, 0.15) is 11.1 Å². The van der Waals surface area contributed by atoms with Crippen molar-refractivity contribution >= 4 is 11.6 Å². The van der Waals surface area contributed by atoms with Gasteiger partial charge in [0.15, 0.2) is 5.60 Å². The van der Waals surface area contributed by atoms with Crippen molar-refractivity contribution in [2.24, 2.45) is 0 Å². The maximum atomic E-state index is 13.0. The Labute approximate surface area is 153 Å². The maximum Gasteiger partial charge on any atom is 0.261 e. The molecule has 0 aliphatic heterocycles. The third kappa shape index (κ3) is 3.92. The largest absolute Gasteiger partial charge is 0.497 e. The average Bonchev–Trinajstić information content (AvgIpc) is 2.69. The van der Waals surface area contributed by atoms with Crippen molar-refractivity contribution in [3.63, 3.8) is 0 Å². The Morgan fingerprint density at radius 2 is 1.50 bits per heavy atom. The number of benzene rings is 3. The van der Waals surface area contributed by atoms with Gasteiger partial charge in [-0.15, -0.1) is 0 Å². The van der Waals surface area contributed by atoms with Gasteiger partial charge in [0.05, 0.1) is 7.11 Å². The first-order valence-corrected chi connectivity index (χ1v) is 8.39. The molecule has 0 heterocycles. The van der Waals surface area contributed by atoms with Crippen LogP contribution >= 0.6 is 0 Å². The van der Waals surface area contributed by atoms with E-state index in [2.05, 4.69) is 5.32 Å². The van der Waals surface area contributed by atoms with Crippen LogP contribution in [0.25, 0.3) is 0 Å². The number of amides is 1. The Kier molecular flexibility index (Phi) is 5.34. The predicted molar refractivity (Wildman–Crippen MR) is 102 cm³/mol. The van der Waals surface area contributed by atoms with Crippen molar-refractivity contribution in [1.29, 1.82) is 0 Å². The predicted octanol–water partition coefficient (Wildman–Crippen LogP) is 3.76. The molecule has 1 amide bonds. The molecular weight excluding hydrogens is 326 g/mol. The summed E-state index contributed by atoms with van der Waals surface area (Å²) < 4.78 is 5.17. The minimum atomic E-state index is -1.70. The molecule has 4 heteroatoms. The number of aliphatic hydroxyl groups is 1. The minimum Gasteiger partial charge on any atom is -0.497 e. The number of carbonyl (C=O) groups is 1. The third-order valence-electron chi connectivity index (χ3n) is 4.28. The van der Waals surface area contributed by atoms with Gasteiger partial charge in [-0.25, -0.2) is 0 Å². The van der Waals surface area contributed by atoms with Crippen molar-refractivity contribution in [3.05, 3.63) is 96.1 Å². The lowest BCUT2D eigenvalue weighted by Gasteiger charge is -2.28. The highest BCUT2D eigenvalue weighted by atomic mass is 16.5. The van der Waals surface area contributed by atoms with Gasteiger partial charge in [0.1, 0.15) is 5.75 Å². The minimum absolute atomic E-state index is 0.166. The second-order valence-electron chi connectivity index (χ2n) is 6.07. The average molecular weight is 347 g/mol. The lowest BCUT2D eigenvalue weighted by atomic mass is 9.86. The van der Waals surface area contributed by atoms with E-state index in [0.29, 0.717) is 17.0 Å². The van der Waals surface area contributed by atoms with Crippen LogP contribution in [0.4, 0.5) is 5.69 Å². The maximum absolute atomic E-state index is 13.0. The van der Waals surface area contributed by atoms with Crippen LogP contribution in [-0.4, -0.2) is 18.1 Å². The van der Waals surface area contributed by atoms with Gasteiger partial charge in [0, 0.05) is 12.1 Å². The number of rotatable bonds is 6. The summed E-state index contributed by atoms with van der Waals surface area (Å²) in [6, 6.07) is 25.5. The standard InChI is InChI=1S/C22H21NO3/c1-26-20-14-12-18(13-15-20)22(25,16-17-8-4-2-5-9-17)21(24)23-19-10-6-3-7-11-19/h2-15,25H,16H2,1H3,(H,23,24)/t22-/m0/s1. The number of hydrogen-bond acceptors (Lipinski definition) is 3. The van der Waals surface area contributed by atoms with Gasteiger partial charge in [-0.3, -0.25) is 4.79 Å². The monoisotopic (exact) mass is 347 g/mol. The fourth-order valence-corrected chi connectivity index (χ4v) is 2.83. The summed E-state index contributed by atoms with van der Waals surface area (Å²) in [6.45, 7) is 0. The van der Waals surface area contributed by atoms with Crippen molar-refractivity contribution < 1.29 is 14.6 Å². The summed E-state index contributed by atoms with van der Waals surface area (Å²) in [5, 5.41) is 14.2. The fraction of sp³-hybridized carbons (Fsp3) is 0.136. The highest BCUT2D eigenvalue weighted by Crippen LogP contribution is 2.29. The summed E-state index contributed by atoms with van der Waals surface area (Å²) in [5.41, 5.74) is 0.311. The molecule has 0 spiro atoms. The van der Waals surface area contributed by atoms with Crippen LogP contribution in [0.5, 0.6) is 5.75 Å². The second-order valence-corrected chi connectivity index (χ2v) is 6.07. The Morgan fingerprint density at radius 1 is 0.923 bits per heavy atom. The van der Waals surface area contributed by atoms with Crippen LogP contribution in [-0.2, 0) is 16.8 Å². The highest BCUT2D eigenvalue weighted by molar-refractivity contribution is 5.98. The van der Waals surface area contributed by atoms with Crippen LogP contribution < -0.4 is 10.1 Å². The molecule has 0 saturated carbocycles. The summed E-state index contributed by atoms with van der Waals surface area (Å²) in [7, 11) is 1.58. The van der Waals surface area contributed by atoms with Crippen LogP contribution in [0, 0.1) is 0 Å². The molecule has 3 aromatic carbocycles. The van der Waals surface area contributed by atoms with Crippen molar-refractivity contribution in [2.75, 3.05) is 12.4 Å². The van der Waals surface area contributed by atoms with E-state index in [0.717, 1.165) is 5.56 Å². The van der Waals surface area contributed by atoms with E-state index in [1.807, 2.05) is 48.5 Å². The normalized spacial score (nSPS) is 12.8. The molecule has 0 radical (unpaired) electrons. The molecule has 0 aliphatic rings. The van der Waals surface area contributed by atoms with Gasteiger partial charge in [-0.05, 0) is 35.4 Å². The van der Waals surface area contributed by atoms with Gasteiger partial charge in [-0.2, -0.15) is 0 Å². The Morgan fingerprint density at radius 3 is 2.08 bits per heavy atom. The fourth-order valence-electron chi connectivity index (χ4n) is 2.83. The number of para-hydroxylation sites is 1. The Balaban J connectivity index is 1.95. The zero-order valence-corrected chi connectivity index (χ0v) is 14.6. The number of carbonyl (C=O) groups excluding carboxylic acids is 1. The van der Waals surface area contributed by atoms with E-state index < -0.39 is 11.5 Å². The first-order valence-electron chi connectivity index (χ1n) is 8.39. The van der Waals surface area contributed by atoms with Crippen LogP contribution in [0.15, 0.2) is 84.9 Å². The number of hydrogen-bond donors (Lipinski definition) is 2. The summed E-state index contributed by atoms with van der Waals surface area (Å²) in [6.07, 6.45) is 0.166. The molecule has 0 aromatic heterocycles. The third-order valence-corrected chi connectivity index (χ3v) is 4.28. The summed E-state index contributed by atoms with van der Waals surface area (Å²) in [4.78, 5) is 13.0. The summed E-state index contributed by atoms with van der Waals surface area (Å²) in [5.74, 6) is 0.192. The van der Waals surface area contributed by atoms with E-state index in [1.54, 1.807) is 43.5 Å². The zero-order chi connectivity index (χ0) is 18.4.